The van der Waals surface area contributed by atoms with Crippen LogP contribution < -0.4 is 5.32 Å². The summed E-state index contributed by atoms with van der Waals surface area (Å²) in [4.78, 5) is 29.4. The van der Waals surface area contributed by atoms with Crippen LogP contribution in [-0.2, 0) is 19.7 Å². The second-order valence-corrected chi connectivity index (χ2v) is 13.2. The number of ether oxygens (including phenoxy) is 1. The maximum atomic E-state index is 12.6. The number of aryl methyl sites for hydroxylation is 2. The number of nitrogens with one attached hydrogen (secondary N) is 2. The minimum atomic E-state index is -0.323. The number of fused-ring (bicyclic) bond motifs is 1. The number of carbonyl (C=O) groups excluding carboxylic acids is 2. The Hall–Kier alpha value is -2.87. The predicted octanol–water partition coefficient (Wildman–Crippen LogP) is 9.26. The van der Waals surface area contributed by atoms with E-state index in [-0.39, 0.29) is 30.1 Å². The van der Waals surface area contributed by atoms with Crippen LogP contribution in [0.3, 0.4) is 0 Å². The van der Waals surface area contributed by atoms with Crippen LogP contribution in [0.5, 0.6) is 0 Å². The van der Waals surface area contributed by atoms with E-state index < -0.39 is 0 Å². The predicted molar refractivity (Wildman–Crippen MR) is 176 cm³/mol. The number of H-pyrrole nitrogens is 1. The molecule has 238 valence electrons. The van der Waals surface area contributed by atoms with E-state index in [0.717, 1.165) is 35.2 Å². The van der Waals surface area contributed by atoms with Crippen molar-refractivity contribution in [3.05, 3.63) is 34.0 Å². The Morgan fingerprint density at radius 3 is 2.00 bits per heavy atom. The number of amides is 1. The van der Waals surface area contributed by atoms with Crippen LogP contribution in [-0.4, -0.2) is 38.3 Å². The Labute approximate surface area is 262 Å². The van der Waals surface area contributed by atoms with Gasteiger partial charge in [0.1, 0.15) is 5.02 Å². The van der Waals surface area contributed by atoms with Crippen LogP contribution in [0.4, 0.5) is 5.69 Å². The summed E-state index contributed by atoms with van der Waals surface area (Å²) in [5.74, 6) is 0.0250. The molecular weight excluding hydrogens is 562 g/mol. The Morgan fingerprint density at radius 1 is 0.907 bits per heavy atom. The number of aromatic amines is 1. The molecule has 3 rings (SSSR count). The third-order valence-corrected chi connectivity index (χ3v) is 8.21. The molecule has 43 heavy (non-hydrogen) atoms. The summed E-state index contributed by atoms with van der Waals surface area (Å²) in [6.07, 6.45) is 15.3. The lowest BCUT2D eigenvalue weighted by Crippen LogP contribution is -2.15. The molecular formula is C34H52ClN5O3. The summed E-state index contributed by atoms with van der Waals surface area (Å²) < 4.78 is 6.96. The van der Waals surface area contributed by atoms with Gasteiger partial charge in [-0.3, -0.25) is 14.7 Å². The zero-order valence-electron chi connectivity index (χ0n) is 27.2. The van der Waals surface area contributed by atoms with E-state index in [9.17, 15) is 9.59 Å². The van der Waals surface area contributed by atoms with E-state index in [4.69, 9.17) is 21.3 Å². The second kappa shape index (κ2) is 16.8. The minimum absolute atomic E-state index is 0.0715. The first kappa shape index (κ1) is 34.6. The fourth-order valence-electron chi connectivity index (χ4n) is 5.43. The highest BCUT2D eigenvalue weighted by atomic mass is 35.5. The second-order valence-electron chi connectivity index (χ2n) is 12.9. The van der Waals surface area contributed by atoms with Crippen molar-refractivity contribution >= 4 is 34.8 Å². The summed E-state index contributed by atoms with van der Waals surface area (Å²) in [5, 5.41) is 11.4. The number of anilines is 1. The Balaban J connectivity index is 1.35. The number of nitrogens with zero attached hydrogens (tertiary/aromatic N) is 3. The molecule has 2 heterocycles. The smallest absolute Gasteiger partial charge is 0.306 e. The SMILES string of the molecule is CCCCCCCCCCCCCCOC(=O)CCC(=O)Nc1cc(C)c(-c2nc3c(Cl)c(C(C)(C)C)[nH]n3n2)c(C)c1. The number of unbranched alkanes of at least 4 members (excludes halogenated alkanes) is 11. The van der Waals surface area contributed by atoms with Crippen LogP contribution in [0.2, 0.25) is 5.02 Å². The number of rotatable bonds is 18. The topological polar surface area (TPSA) is 101 Å². The lowest BCUT2D eigenvalue weighted by Gasteiger charge is -2.16. The van der Waals surface area contributed by atoms with E-state index in [2.05, 4.69) is 43.2 Å². The number of hydrogen-bond donors (Lipinski definition) is 2. The van der Waals surface area contributed by atoms with Crippen molar-refractivity contribution in [1.82, 2.24) is 19.8 Å². The standard InChI is InChI=1S/C34H52ClN5O3/c1-7-8-9-10-11-12-13-14-15-16-17-18-21-43-28(42)20-19-27(41)36-26-22-24(2)29(25(3)23-26)32-37-33-30(35)31(34(4,5)6)38-40(33)39-32/h22-23,38H,7-21H2,1-6H3,(H,36,41). The van der Waals surface area contributed by atoms with E-state index >= 15 is 0 Å². The van der Waals surface area contributed by atoms with Crippen molar-refractivity contribution in [2.24, 2.45) is 0 Å². The van der Waals surface area contributed by atoms with Crippen LogP contribution >= 0.6 is 11.6 Å². The van der Waals surface area contributed by atoms with Crippen LogP contribution in [0.25, 0.3) is 17.0 Å². The van der Waals surface area contributed by atoms with Gasteiger partial charge in [-0.15, -0.1) is 5.10 Å². The van der Waals surface area contributed by atoms with Crippen molar-refractivity contribution < 1.29 is 14.3 Å². The van der Waals surface area contributed by atoms with Gasteiger partial charge in [0.05, 0.1) is 18.7 Å². The van der Waals surface area contributed by atoms with Gasteiger partial charge in [-0.1, -0.05) is 110 Å². The summed E-state index contributed by atoms with van der Waals surface area (Å²) in [6, 6.07) is 3.79. The van der Waals surface area contributed by atoms with Crippen molar-refractivity contribution in [1.29, 1.82) is 0 Å². The largest absolute Gasteiger partial charge is 0.466 e. The molecule has 2 aromatic heterocycles. The zero-order chi connectivity index (χ0) is 31.4. The van der Waals surface area contributed by atoms with Gasteiger partial charge in [-0.2, -0.15) is 4.63 Å². The minimum Gasteiger partial charge on any atom is -0.466 e. The monoisotopic (exact) mass is 613 g/mol. The third kappa shape index (κ3) is 10.7. The number of carbonyl (C=O) groups is 2. The molecule has 1 amide bonds. The van der Waals surface area contributed by atoms with E-state index in [1.165, 1.54) is 64.2 Å². The normalized spacial score (nSPS) is 11.8. The first-order chi connectivity index (χ1) is 20.5. The number of benzene rings is 1. The highest BCUT2D eigenvalue weighted by molar-refractivity contribution is 6.34. The quantitative estimate of drug-likeness (QED) is 0.110. The van der Waals surface area contributed by atoms with Gasteiger partial charge < -0.3 is 10.1 Å². The number of hydrogen-bond acceptors (Lipinski definition) is 5. The van der Waals surface area contributed by atoms with Crippen LogP contribution in [0.1, 0.15) is 134 Å². The van der Waals surface area contributed by atoms with Crippen molar-refractivity contribution in [2.45, 2.75) is 137 Å². The van der Waals surface area contributed by atoms with E-state index in [1.54, 1.807) is 4.63 Å². The van der Waals surface area contributed by atoms with Crippen LogP contribution in [0.15, 0.2) is 12.1 Å². The molecule has 9 heteroatoms. The van der Waals surface area contributed by atoms with Gasteiger partial charge in [0.15, 0.2) is 11.5 Å². The van der Waals surface area contributed by atoms with Gasteiger partial charge in [0, 0.05) is 23.1 Å². The van der Waals surface area contributed by atoms with E-state index in [1.807, 2.05) is 26.0 Å². The molecule has 8 nitrogen and oxygen atoms in total. The third-order valence-electron chi connectivity index (χ3n) is 7.85. The lowest BCUT2D eigenvalue weighted by molar-refractivity contribution is -0.144. The molecule has 1 aromatic carbocycles. The van der Waals surface area contributed by atoms with E-state index in [0.29, 0.717) is 28.8 Å². The molecule has 0 atom stereocenters. The van der Waals surface area contributed by atoms with Gasteiger partial charge in [0.2, 0.25) is 5.91 Å². The highest BCUT2D eigenvalue weighted by Crippen LogP contribution is 2.33. The molecule has 0 bridgehead atoms. The molecule has 0 aliphatic rings. The number of halogens is 1. The maximum Gasteiger partial charge on any atom is 0.306 e. The Kier molecular flexibility index (Phi) is 13.6. The number of aromatic nitrogens is 4. The molecule has 0 spiro atoms. The highest BCUT2D eigenvalue weighted by Gasteiger charge is 2.25. The fourth-order valence-corrected chi connectivity index (χ4v) is 5.88. The molecule has 0 aliphatic carbocycles. The summed E-state index contributed by atoms with van der Waals surface area (Å²) >= 11 is 6.60. The molecule has 2 N–H and O–H groups in total. The van der Waals surface area contributed by atoms with Gasteiger partial charge >= 0.3 is 5.97 Å². The first-order valence-corrected chi connectivity index (χ1v) is 16.6. The number of esters is 1. The van der Waals surface area contributed by atoms with Crippen molar-refractivity contribution in [3.8, 4) is 11.4 Å². The summed E-state index contributed by atoms with van der Waals surface area (Å²) in [7, 11) is 0. The van der Waals surface area contributed by atoms with Gasteiger partial charge in [-0.25, -0.2) is 4.98 Å². The maximum absolute atomic E-state index is 12.6. The molecule has 0 saturated heterocycles. The zero-order valence-corrected chi connectivity index (χ0v) is 28.0. The van der Waals surface area contributed by atoms with Crippen molar-refractivity contribution in [3.63, 3.8) is 0 Å². The van der Waals surface area contributed by atoms with Crippen molar-refractivity contribution in [2.75, 3.05) is 11.9 Å². The average molecular weight is 614 g/mol. The lowest BCUT2D eigenvalue weighted by atomic mass is 9.92. The van der Waals surface area contributed by atoms with Gasteiger partial charge in [-0.05, 0) is 43.5 Å². The average Bonchev–Trinajstić information content (AvgIpc) is 3.48. The molecule has 0 radical (unpaired) electrons. The molecule has 0 fully saturated rings. The summed E-state index contributed by atoms with van der Waals surface area (Å²) in [6.45, 7) is 12.8. The van der Waals surface area contributed by atoms with Gasteiger partial charge in [0.25, 0.3) is 0 Å². The molecule has 3 aromatic rings. The summed E-state index contributed by atoms with van der Waals surface area (Å²) in [5.41, 5.74) is 4.74. The molecule has 0 unspecified atom stereocenters. The molecule has 0 aliphatic heterocycles. The Morgan fingerprint density at radius 2 is 1.47 bits per heavy atom. The van der Waals surface area contributed by atoms with Crippen LogP contribution in [0, 0.1) is 13.8 Å². The Bertz CT molecular complexity index is 1310. The first-order valence-electron chi connectivity index (χ1n) is 16.2. The molecule has 0 saturated carbocycles. The fraction of sp³-hybridized carbons (Fsp3) is 0.647.